The normalized spacial score (nSPS) is 10.6. The van der Waals surface area contributed by atoms with Gasteiger partial charge in [-0.2, -0.15) is 16.4 Å². The van der Waals surface area contributed by atoms with Crippen LogP contribution in [0.3, 0.4) is 0 Å². The molecule has 19 heavy (non-hydrogen) atoms. The van der Waals surface area contributed by atoms with E-state index >= 15 is 0 Å². The third-order valence-corrected chi connectivity index (χ3v) is 3.34. The Morgan fingerprint density at radius 3 is 2.84 bits per heavy atom. The van der Waals surface area contributed by atoms with E-state index in [4.69, 9.17) is 5.84 Å². The molecular weight excluding hydrogens is 260 g/mol. The standard InChI is InChI=1S/C12H12N6S/c1-18-6-9(5-14-18)10-4-11(17-13)16-12(15-10)8-2-3-19-7-8/h2-7H,13H2,1H3,(H,15,16,17). The van der Waals surface area contributed by atoms with E-state index in [0.29, 0.717) is 11.6 Å². The molecule has 3 aromatic heterocycles. The average Bonchev–Trinajstić information content (AvgIpc) is 3.09. The molecule has 7 heteroatoms. The van der Waals surface area contributed by atoms with E-state index in [9.17, 15) is 0 Å². The molecule has 3 rings (SSSR count). The van der Waals surface area contributed by atoms with Gasteiger partial charge in [0.25, 0.3) is 0 Å². The zero-order valence-corrected chi connectivity index (χ0v) is 11.1. The predicted octanol–water partition coefficient (Wildman–Crippen LogP) is 1.89. The van der Waals surface area contributed by atoms with Crippen LogP contribution in [0.5, 0.6) is 0 Å². The minimum absolute atomic E-state index is 0.579. The molecule has 0 saturated carbocycles. The van der Waals surface area contributed by atoms with Crippen LogP contribution in [-0.2, 0) is 7.05 Å². The van der Waals surface area contributed by atoms with E-state index in [-0.39, 0.29) is 0 Å². The minimum atomic E-state index is 0.579. The van der Waals surface area contributed by atoms with Crippen molar-refractivity contribution in [2.45, 2.75) is 0 Å². The summed E-state index contributed by atoms with van der Waals surface area (Å²) in [5.74, 6) is 6.69. The lowest BCUT2D eigenvalue weighted by Gasteiger charge is -2.05. The van der Waals surface area contributed by atoms with Crippen molar-refractivity contribution in [2.24, 2.45) is 12.9 Å². The number of hydrazine groups is 1. The fourth-order valence-corrected chi connectivity index (χ4v) is 2.38. The van der Waals surface area contributed by atoms with Crippen molar-refractivity contribution >= 4 is 17.2 Å². The number of nitrogens with two attached hydrogens (primary N) is 1. The van der Waals surface area contributed by atoms with Crippen molar-refractivity contribution in [3.8, 4) is 22.6 Å². The first-order valence-electron chi connectivity index (χ1n) is 5.63. The summed E-state index contributed by atoms with van der Waals surface area (Å²) in [5.41, 5.74) is 5.27. The van der Waals surface area contributed by atoms with E-state index < -0.39 is 0 Å². The second-order valence-electron chi connectivity index (χ2n) is 4.02. The first-order chi connectivity index (χ1) is 9.26. The highest BCUT2D eigenvalue weighted by Crippen LogP contribution is 2.24. The summed E-state index contributed by atoms with van der Waals surface area (Å²) in [4.78, 5) is 8.91. The maximum absolute atomic E-state index is 5.47. The lowest BCUT2D eigenvalue weighted by atomic mass is 10.2. The fourth-order valence-electron chi connectivity index (χ4n) is 1.74. The van der Waals surface area contributed by atoms with Crippen LogP contribution in [0.1, 0.15) is 0 Å². The highest BCUT2D eigenvalue weighted by molar-refractivity contribution is 7.08. The molecule has 0 bridgehead atoms. The van der Waals surface area contributed by atoms with Crippen molar-refractivity contribution in [3.63, 3.8) is 0 Å². The molecule has 0 aromatic carbocycles. The van der Waals surface area contributed by atoms with Gasteiger partial charge in [-0.25, -0.2) is 15.8 Å². The van der Waals surface area contributed by atoms with E-state index in [1.165, 1.54) is 0 Å². The Morgan fingerprint density at radius 2 is 2.21 bits per heavy atom. The van der Waals surface area contributed by atoms with Gasteiger partial charge >= 0.3 is 0 Å². The van der Waals surface area contributed by atoms with Crippen LogP contribution in [0.15, 0.2) is 35.3 Å². The maximum Gasteiger partial charge on any atom is 0.163 e. The highest BCUT2D eigenvalue weighted by atomic mass is 32.1. The Kier molecular flexibility index (Phi) is 2.98. The van der Waals surface area contributed by atoms with Crippen LogP contribution in [0.2, 0.25) is 0 Å². The SMILES string of the molecule is Cn1cc(-c2cc(NN)nc(-c3ccsc3)n2)cn1. The topological polar surface area (TPSA) is 81.7 Å². The van der Waals surface area contributed by atoms with Crippen LogP contribution >= 0.6 is 11.3 Å². The summed E-state index contributed by atoms with van der Waals surface area (Å²) < 4.78 is 1.73. The van der Waals surface area contributed by atoms with Crippen LogP contribution < -0.4 is 11.3 Å². The molecule has 0 amide bonds. The third kappa shape index (κ3) is 2.33. The first-order valence-corrected chi connectivity index (χ1v) is 6.58. The molecule has 0 aliphatic rings. The van der Waals surface area contributed by atoms with Crippen LogP contribution in [0.4, 0.5) is 5.82 Å². The van der Waals surface area contributed by atoms with E-state index in [1.807, 2.05) is 30.1 Å². The van der Waals surface area contributed by atoms with Gasteiger partial charge in [-0.15, -0.1) is 0 Å². The summed E-state index contributed by atoms with van der Waals surface area (Å²) in [5, 5.41) is 8.14. The molecule has 3 aromatic rings. The van der Waals surface area contributed by atoms with Gasteiger partial charge in [0.05, 0.1) is 11.9 Å². The Bertz CT molecular complexity index is 688. The van der Waals surface area contributed by atoms with Crippen molar-refractivity contribution < 1.29 is 0 Å². The lowest BCUT2D eigenvalue weighted by molar-refractivity contribution is 0.768. The minimum Gasteiger partial charge on any atom is -0.308 e. The number of thiophene rings is 1. The summed E-state index contributed by atoms with van der Waals surface area (Å²) >= 11 is 1.61. The molecule has 6 nitrogen and oxygen atoms in total. The van der Waals surface area contributed by atoms with Gasteiger partial charge in [0.2, 0.25) is 0 Å². The zero-order valence-electron chi connectivity index (χ0n) is 10.2. The third-order valence-electron chi connectivity index (χ3n) is 2.65. The first kappa shape index (κ1) is 11.8. The predicted molar refractivity (Wildman–Crippen MR) is 75.4 cm³/mol. The smallest absolute Gasteiger partial charge is 0.163 e. The molecule has 0 fully saturated rings. The van der Waals surface area contributed by atoms with Crippen LogP contribution in [0, 0.1) is 0 Å². The Labute approximate surface area is 113 Å². The number of nitrogen functional groups attached to an aromatic ring is 1. The lowest BCUT2D eigenvalue weighted by Crippen LogP contribution is -2.09. The zero-order chi connectivity index (χ0) is 13.2. The van der Waals surface area contributed by atoms with E-state index in [2.05, 4.69) is 20.5 Å². The van der Waals surface area contributed by atoms with Crippen LogP contribution in [0.25, 0.3) is 22.6 Å². The summed E-state index contributed by atoms with van der Waals surface area (Å²) in [6.07, 6.45) is 3.67. The van der Waals surface area contributed by atoms with E-state index in [1.54, 1.807) is 28.3 Å². The summed E-state index contributed by atoms with van der Waals surface area (Å²) in [7, 11) is 1.87. The maximum atomic E-state index is 5.47. The number of hydrogen-bond acceptors (Lipinski definition) is 6. The second-order valence-corrected chi connectivity index (χ2v) is 4.80. The number of hydrogen-bond donors (Lipinski definition) is 2. The van der Waals surface area contributed by atoms with Gasteiger partial charge in [-0.1, -0.05) is 0 Å². The van der Waals surface area contributed by atoms with Gasteiger partial charge in [0.15, 0.2) is 5.82 Å². The van der Waals surface area contributed by atoms with Gasteiger partial charge in [-0.05, 0) is 11.4 Å². The Morgan fingerprint density at radius 1 is 1.32 bits per heavy atom. The fraction of sp³-hybridized carbons (Fsp3) is 0.0833. The summed E-state index contributed by atoms with van der Waals surface area (Å²) in [6, 6.07) is 3.78. The van der Waals surface area contributed by atoms with Crippen molar-refractivity contribution in [2.75, 3.05) is 5.43 Å². The average molecular weight is 272 g/mol. The number of aromatic nitrogens is 4. The molecule has 0 spiro atoms. The van der Waals surface area contributed by atoms with Crippen molar-refractivity contribution in [3.05, 3.63) is 35.3 Å². The molecule has 0 radical (unpaired) electrons. The Balaban J connectivity index is 2.12. The second kappa shape index (κ2) is 4.79. The molecule has 0 aliphatic heterocycles. The van der Waals surface area contributed by atoms with Gasteiger partial charge < -0.3 is 5.43 Å². The molecule has 0 aliphatic carbocycles. The molecule has 3 heterocycles. The largest absolute Gasteiger partial charge is 0.308 e. The molecule has 0 saturated heterocycles. The van der Waals surface area contributed by atoms with Crippen LogP contribution in [-0.4, -0.2) is 19.7 Å². The van der Waals surface area contributed by atoms with Crippen molar-refractivity contribution in [1.29, 1.82) is 0 Å². The molecular formula is C12H12N6S. The van der Waals surface area contributed by atoms with Gasteiger partial charge in [-0.3, -0.25) is 4.68 Å². The molecule has 3 N–H and O–H groups in total. The Hall–Kier alpha value is -2.25. The monoisotopic (exact) mass is 272 g/mol. The number of nitrogens with one attached hydrogen (secondary N) is 1. The molecule has 0 atom stereocenters. The number of nitrogens with zero attached hydrogens (tertiary/aromatic N) is 4. The number of anilines is 1. The quantitative estimate of drug-likeness (QED) is 0.562. The highest BCUT2D eigenvalue weighted by Gasteiger charge is 2.09. The van der Waals surface area contributed by atoms with Crippen molar-refractivity contribution in [1.82, 2.24) is 19.7 Å². The van der Waals surface area contributed by atoms with Gasteiger partial charge in [0, 0.05) is 35.8 Å². The summed E-state index contributed by atoms with van der Waals surface area (Å²) in [6.45, 7) is 0. The number of rotatable bonds is 3. The molecule has 96 valence electrons. The molecule has 0 unspecified atom stereocenters. The van der Waals surface area contributed by atoms with E-state index in [0.717, 1.165) is 16.8 Å². The number of aryl methyl sites for hydroxylation is 1. The van der Waals surface area contributed by atoms with Gasteiger partial charge in [0.1, 0.15) is 5.82 Å².